The number of benzene rings is 2. The molecule has 2 N–H and O–H groups in total. The van der Waals surface area contributed by atoms with Gasteiger partial charge in [0.2, 0.25) is 11.8 Å². The number of rotatable bonds is 6. The molecule has 2 aromatic rings. The molecule has 1 unspecified atom stereocenters. The monoisotopic (exact) mass is 415 g/mol. The first kappa shape index (κ1) is 18.6. The molecule has 0 aromatic heterocycles. The number of anilines is 1. The molecule has 26 heavy (non-hydrogen) atoms. The number of nitrogens with zero attached hydrogens (tertiary/aromatic N) is 1. The maximum atomic E-state index is 12.3. The summed E-state index contributed by atoms with van der Waals surface area (Å²) in [5.74, 6) is -0.374. The summed E-state index contributed by atoms with van der Waals surface area (Å²) in [5, 5.41) is 5.49. The Morgan fingerprint density at radius 3 is 2.54 bits per heavy atom. The summed E-state index contributed by atoms with van der Waals surface area (Å²) in [6.07, 6.45) is 2.13. The Morgan fingerprint density at radius 1 is 1.04 bits per heavy atom. The van der Waals surface area contributed by atoms with Crippen LogP contribution in [0.2, 0.25) is 0 Å². The average Bonchev–Trinajstić information content (AvgIpc) is 3.11. The molecule has 0 bridgehead atoms. The van der Waals surface area contributed by atoms with E-state index in [9.17, 15) is 9.59 Å². The summed E-state index contributed by atoms with van der Waals surface area (Å²) >= 11 is 3.38. The van der Waals surface area contributed by atoms with Gasteiger partial charge in [-0.1, -0.05) is 42.5 Å². The van der Waals surface area contributed by atoms with E-state index >= 15 is 0 Å². The molecule has 1 aliphatic rings. The van der Waals surface area contributed by atoms with Crippen LogP contribution in [-0.4, -0.2) is 36.3 Å². The van der Waals surface area contributed by atoms with Crippen LogP contribution in [0.3, 0.4) is 0 Å². The molecule has 1 heterocycles. The molecule has 136 valence electrons. The molecular weight excluding hydrogens is 394 g/mol. The zero-order chi connectivity index (χ0) is 18.4. The highest BCUT2D eigenvalue weighted by Gasteiger charge is 2.27. The van der Waals surface area contributed by atoms with E-state index in [4.69, 9.17) is 0 Å². The first-order chi connectivity index (χ1) is 12.6. The highest BCUT2D eigenvalue weighted by Crippen LogP contribution is 2.31. The third-order valence-corrected chi connectivity index (χ3v) is 5.18. The van der Waals surface area contributed by atoms with Gasteiger partial charge in [-0.3, -0.25) is 14.5 Å². The zero-order valence-electron chi connectivity index (χ0n) is 14.5. The molecule has 0 radical (unpaired) electrons. The van der Waals surface area contributed by atoms with Gasteiger partial charge in [-0.05, 0) is 53.0 Å². The fourth-order valence-corrected chi connectivity index (χ4v) is 3.63. The van der Waals surface area contributed by atoms with Crippen LogP contribution in [-0.2, 0) is 9.59 Å². The van der Waals surface area contributed by atoms with E-state index in [1.54, 1.807) is 6.07 Å². The number of nitrogens with one attached hydrogen (secondary N) is 2. The minimum absolute atomic E-state index is 0.0377. The van der Waals surface area contributed by atoms with Crippen LogP contribution in [0.5, 0.6) is 0 Å². The molecule has 5 nitrogen and oxygen atoms in total. The summed E-state index contributed by atoms with van der Waals surface area (Å²) in [5.41, 5.74) is 1.93. The van der Waals surface area contributed by atoms with Crippen molar-refractivity contribution in [2.75, 3.05) is 25.0 Å². The van der Waals surface area contributed by atoms with Crippen LogP contribution in [0.15, 0.2) is 59.1 Å². The predicted octanol–water partition coefficient (Wildman–Crippen LogP) is 3.34. The van der Waals surface area contributed by atoms with Crippen molar-refractivity contribution < 1.29 is 9.59 Å². The highest BCUT2D eigenvalue weighted by molar-refractivity contribution is 9.10. The number of para-hydroxylation sites is 1. The first-order valence-electron chi connectivity index (χ1n) is 8.73. The van der Waals surface area contributed by atoms with Gasteiger partial charge in [0.05, 0.1) is 18.8 Å². The van der Waals surface area contributed by atoms with Gasteiger partial charge in [0.1, 0.15) is 0 Å². The van der Waals surface area contributed by atoms with Crippen LogP contribution in [0.25, 0.3) is 0 Å². The van der Waals surface area contributed by atoms with Crippen molar-refractivity contribution in [1.82, 2.24) is 10.2 Å². The average molecular weight is 416 g/mol. The molecule has 0 aliphatic carbocycles. The third kappa shape index (κ3) is 4.93. The number of halogens is 1. The van der Waals surface area contributed by atoms with Crippen molar-refractivity contribution in [2.45, 2.75) is 18.9 Å². The second kappa shape index (κ2) is 8.96. The van der Waals surface area contributed by atoms with Gasteiger partial charge in [-0.15, -0.1) is 0 Å². The van der Waals surface area contributed by atoms with Gasteiger partial charge in [0.15, 0.2) is 0 Å². The Balaban J connectivity index is 1.48. The van der Waals surface area contributed by atoms with Gasteiger partial charge in [-0.2, -0.15) is 0 Å². The van der Waals surface area contributed by atoms with E-state index in [1.165, 1.54) is 5.56 Å². The van der Waals surface area contributed by atoms with Gasteiger partial charge in [0.25, 0.3) is 0 Å². The number of likely N-dealkylation sites (tertiary alicyclic amines) is 1. The van der Waals surface area contributed by atoms with Crippen molar-refractivity contribution in [3.63, 3.8) is 0 Å². The van der Waals surface area contributed by atoms with Crippen molar-refractivity contribution in [3.8, 4) is 0 Å². The van der Waals surface area contributed by atoms with E-state index < -0.39 is 0 Å². The molecule has 0 saturated carbocycles. The molecule has 0 spiro atoms. The molecule has 2 amide bonds. The maximum absolute atomic E-state index is 12.3. The molecule has 1 fully saturated rings. The van der Waals surface area contributed by atoms with Crippen molar-refractivity contribution in [3.05, 3.63) is 64.6 Å². The predicted molar refractivity (Wildman–Crippen MR) is 106 cm³/mol. The van der Waals surface area contributed by atoms with Crippen molar-refractivity contribution in [1.29, 1.82) is 0 Å². The molecule has 1 saturated heterocycles. The SMILES string of the molecule is O=C(CN1CCCC1c1ccccc1)NCC(=O)Nc1ccccc1Br. The fraction of sp³-hybridized carbons (Fsp3) is 0.300. The number of amides is 2. The number of hydrogen-bond donors (Lipinski definition) is 2. The fourth-order valence-electron chi connectivity index (χ4n) is 3.24. The van der Waals surface area contributed by atoms with E-state index in [1.807, 2.05) is 36.4 Å². The second-order valence-electron chi connectivity index (χ2n) is 6.34. The van der Waals surface area contributed by atoms with Crippen molar-refractivity contribution >= 4 is 33.4 Å². The Kier molecular flexibility index (Phi) is 6.41. The summed E-state index contributed by atoms with van der Waals surface area (Å²) in [4.78, 5) is 26.5. The summed E-state index contributed by atoms with van der Waals surface area (Å²) in [6, 6.07) is 17.9. The summed E-state index contributed by atoms with van der Waals surface area (Å²) in [7, 11) is 0. The third-order valence-electron chi connectivity index (χ3n) is 4.49. The Hall–Kier alpha value is -2.18. The lowest BCUT2D eigenvalue weighted by molar-refractivity contribution is -0.125. The number of carbonyl (C=O) groups is 2. The smallest absolute Gasteiger partial charge is 0.243 e. The van der Waals surface area contributed by atoms with E-state index in [2.05, 4.69) is 43.6 Å². The Labute approximate surface area is 161 Å². The summed E-state index contributed by atoms with van der Waals surface area (Å²) < 4.78 is 0.808. The van der Waals surface area contributed by atoms with Crippen LogP contribution >= 0.6 is 15.9 Å². The van der Waals surface area contributed by atoms with Gasteiger partial charge >= 0.3 is 0 Å². The van der Waals surface area contributed by atoms with Gasteiger partial charge in [0, 0.05) is 10.5 Å². The summed E-state index contributed by atoms with van der Waals surface area (Å²) in [6.45, 7) is 1.17. The highest BCUT2D eigenvalue weighted by atomic mass is 79.9. The van der Waals surface area contributed by atoms with Crippen LogP contribution in [0.4, 0.5) is 5.69 Å². The standard InChI is InChI=1S/C20H22BrN3O2/c21-16-9-4-5-10-17(16)23-19(25)13-22-20(26)14-24-12-6-11-18(24)15-7-2-1-3-8-15/h1-5,7-10,18H,6,11-14H2,(H,22,26)(H,23,25). The molecule has 2 aromatic carbocycles. The zero-order valence-corrected chi connectivity index (χ0v) is 16.0. The maximum Gasteiger partial charge on any atom is 0.243 e. The lowest BCUT2D eigenvalue weighted by Gasteiger charge is -2.24. The van der Waals surface area contributed by atoms with Crippen LogP contribution in [0.1, 0.15) is 24.4 Å². The quantitative estimate of drug-likeness (QED) is 0.760. The number of carbonyl (C=O) groups excluding carboxylic acids is 2. The molecule has 1 atom stereocenters. The lowest BCUT2D eigenvalue weighted by Crippen LogP contribution is -2.40. The van der Waals surface area contributed by atoms with Crippen LogP contribution in [0, 0.1) is 0 Å². The van der Waals surface area contributed by atoms with E-state index in [0.717, 1.165) is 23.9 Å². The normalized spacial score (nSPS) is 17.0. The minimum atomic E-state index is -0.244. The Morgan fingerprint density at radius 2 is 1.77 bits per heavy atom. The van der Waals surface area contributed by atoms with E-state index in [0.29, 0.717) is 12.2 Å². The lowest BCUT2D eigenvalue weighted by atomic mass is 10.0. The number of hydrogen-bond acceptors (Lipinski definition) is 3. The molecule has 3 rings (SSSR count). The Bertz CT molecular complexity index is 767. The van der Waals surface area contributed by atoms with Crippen molar-refractivity contribution in [2.24, 2.45) is 0 Å². The first-order valence-corrected chi connectivity index (χ1v) is 9.53. The molecule has 1 aliphatic heterocycles. The second-order valence-corrected chi connectivity index (χ2v) is 7.20. The van der Waals surface area contributed by atoms with Gasteiger partial charge < -0.3 is 10.6 Å². The van der Waals surface area contributed by atoms with Crippen LogP contribution < -0.4 is 10.6 Å². The van der Waals surface area contributed by atoms with E-state index in [-0.39, 0.29) is 24.4 Å². The topological polar surface area (TPSA) is 61.4 Å². The molecule has 6 heteroatoms. The van der Waals surface area contributed by atoms with Gasteiger partial charge in [-0.25, -0.2) is 0 Å². The minimum Gasteiger partial charge on any atom is -0.346 e. The largest absolute Gasteiger partial charge is 0.346 e. The molecular formula is C20H22BrN3O2.